The second-order valence-corrected chi connectivity index (χ2v) is 3.59. The predicted molar refractivity (Wildman–Crippen MR) is 62.9 cm³/mol. The van der Waals surface area contributed by atoms with Crippen LogP contribution in [0.25, 0.3) is 0 Å². The van der Waals surface area contributed by atoms with Crippen LogP contribution in [0.1, 0.15) is 18.9 Å². The van der Waals surface area contributed by atoms with Crippen LogP contribution in [-0.2, 0) is 4.79 Å². The fraction of sp³-hybridized carbons (Fsp3) is 0.417. The molecule has 0 aliphatic heterocycles. The van der Waals surface area contributed by atoms with Gasteiger partial charge in [0, 0.05) is 25.2 Å². The van der Waals surface area contributed by atoms with Gasteiger partial charge in [-0.05, 0) is 31.5 Å². The van der Waals surface area contributed by atoms with Crippen molar-refractivity contribution in [1.29, 1.82) is 0 Å². The Labute approximate surface area is 95.0 Å². The van der Waals surface area contributed by atoms with Crippen molar-refractivity contribution in [3.8, 4) is 0 Å². The average molecular weight is 224 g/mol. The number of anilines is 1. The van der Waals surface area contributed by atoms with Crippen molar-refractivity contribution in [1.82, 2.24) is 5.32 Å². The number of halogens is 1. The fourth-order valence-corrected chi connectivity index (χ4v) is 1.38. The number of carbonyl (C=O) groups excluding carboxylic acids is 1. The van der Waals surface area contributed by atoms with Crippen molar-refractivity contribution in [2.45, 2.75) is 20.3 Å². The largest absolute Gasteiger partial charge is 0.384 e. The van der Waals surface area contributed by atoms with Crippen molar-refractivity contribution in [3.05, 3.63) is 29.6 Å². The summed E-state index contributed by atoms with van der Waals surface area (Å²) in [6.45, 7) is 4.92. The number of hydrogen-bond acceptors (Lipinski definition) is 2. The molecule has 16 heavy (non-hydrogen) atoms. The van der Waals surface area contributed by atoms with E-state index in [4.69, 9.17) is 0 Å². The van der Waals surface area contributed by atoms with Crippen LogP contribution >= 0.6 is 0 Å². The highest BCUT2D eigenvalue weighted by Gasteiger charge is 2.02. The third-order valence-corrected chi connectivity index (χ3v) is 2.24. The van der Waals surface area contributed by atoms with Gasteiger partial charge in [-0.25, -0.2) is 4.39 Å². The maximum Gasteiger partial charge on any atom is 0.221 e. The smallest absolute Gasteiger partial charge is 0.221 e. The molecule has 0 radical (unpaired) electrons. The molecule has 0 spiro atoms. The number of nitrogens with one attached hydrogen (secondary N) is 2. The zero-order valence-electron chi connectivity index (χ0n) is 9.64. The minimum atomic E-state index is -0.272. The zero-order valence-corrected chi connectivity index (χ0v) is 9.64. The van der Waals surface area contributed by atoms with Crippen LogP contribution in [0.5, 0.6) is 0 Å². The molecule has 0 atom stereocenters. The summed E-state index contributed by atoms with van der Waals surface area (Å²) in [5.41, 5.74) is 1.71. The lowest BCUT2D eigenvalue weighted by atomic mass is 10.2. The number of benzene rings is 1. The van der Waals surface area contributed by atoms with Gasteiger partial charge in [0.15, 0.2) is 0 Å². The Morgan fingerprint density at radius 1 is 1.44 bits per heavy atom. The standard InChI is InChI=1S/C12H17FN2O/c1-3-14-12(16)6-7-15-11-8-10(13)5-4-9(11)2/h4-5,8,15H,3,6-7H2,1-2H3,(H,14,16). The first-order valence-corrected chi connectivity index (χ1v) is 5.40. The van der Waals surface area contributed by atoms with E-state index in [0.29, 0.717) is 19.5 Å². The number of hydrogen-bond donors (Lipinski definition) is 2. The quantitative estimate of drug-likeness (QED) is 0.804. The third-order valence-electron chi connectivity index (χ3n) is 2.24. The summed E-state index contributed by atoms with van der Waals surface area (Å²) in [5.74, 6) is -0.268. The topological polar surface area (TPSA) is 41.1 Å². The average Bonchev–Trinajstić information content (AvgIpc) is 2.23. The molecule has 1 aromatic carbocycles. The van der Waals surface area contributed by atoms with Gasteiger partial charge in [0.05, 0.1) is 0 Å². The van der Waals surface area contributed by atoms with Crippen molar-refractivity contribution < 1.29 is 9.18 Å². The maximum absolute atomic E-state index is 12.9. The zero-order chi connectivity index (χ0) is 12.0. The maximum atomic E-state index is 12.9. The number of rotatable bonds is 5. The SMILES string of the molecule is CCNC(=O)CCNc1cc(F)ccc1C. The van der Waals surface area contributed by atoms with Gasteiger partial charge in [-0.1, -0.05) is 6.07 Å². The highest BCUT2D eigenvalue weighted by molar-refractivity contribution is 5.76. The molecule has 1 aromatic rings. The van der Waals surface area contributed by atoms with Crippen molar-refractivity contribution in [2.75, 3.05) is 18.4 Å². The van der Waals surface area contributed by atoms with Crippen molar-refractivity contribution >= 4 is 11.6 Å². The molecule has 1 rings (SSSR count). The van der Waals surface area contributed by atoms with E-state index in [1.807, 2.05) is 13.8 Å². The summed E-state index contributed by atoms with van der Waals surface area (Å²) < 4.78 is 12.9. The number of carbonyl (C=O) groups is 1. The van der Waals surface area contributed by atoms with Gasteiger partial charge < -0.3 is 10.6 Å². The monoisotopic (exact) mass is 224 g/mol. The van der Waals surface area contributed by atoms with Crippen molar-refractivity contribution in [2.24, 2.45) is 0 Å². The Hall–Kier alpha value is -1.58. The van der Waals surface area contributed by atoms with Crippen LogP contribution < -0.4 is 10.6 Å². The molecule has 0 aliphatic carbocycles. The summed E-state index contributed by atoms with van der Waals surface area (Å²) in [6.07, 6.45) is 0.393. The molecule has 88 valence electrons. The molecule has 0 saturated heterocycles. The highest BCUT2D eigenvalue weighted by atomic mass is 19.1. The molecule has 1 amide bonds. The molecule has 0 heterocycles. The van der Waals surface area contributed by atoms with Crippen LogP contribution in [0.15, 0.2) is 18.2 Å². The van der Waals surface area contributed by atoms with Gasteiger partial charge in [-0.3, -0.25) is 4.79 Å². The Kier molecular flexibility index (Phi) is 4.76. The van der Waals surface area contributed by atoms with Gasteiger partial charge >= 0.3 is 0 Å². The third kappa shape index (κ3) is 3.88. The molecule has 0 saturated carbocycles. The van der Waals surface area contributed by atoms with Gasteiger partial charge in [-0.2, -0.15) is 0 Å². The minimum absolute atomic E-state index is 0.00376. The van der Waals surface area contributed by atoms with Crippen LogP contribution in [-0.4, -0.2) is 19.0 Å². The Morgan fingerprint density at radius 3 is 2.88 bits per heavy atom. The summed E-state index contributed by atoms with van der Waals surface area (Å²) in [6, 6.07) is 4.57. The first-order valence-electron chi connectivity index (χ1n) is 5.40. The van der Waals surface area contributed by atoms with Gasteiger partial charge in [0.25, 0.3) is 0 Å². The van der Waals surface area contributed by atoms with E-state index < -0.39 is 0 Å². The van der Waals surface area contributed by atoms with Crippen LogP contribution in [0.4, 0.5) is 10.1 Å². The lowest BCUT2D eigenvalue weighted by Gasteiger charge is -2.09. The second-order valence-electron chi connectivity index (χ2n) is 3.59. The van der Waals surface area contributed by atoms with Gasteiger partial charge in [0.2, 0.25) is 5.91 Å². The van der Waals surface area contributed by atoms with Gasteiger partial charge in [-0.15, -0.1) is 0 Å². The molecule has 0 fully saturated rings. The molecule has 2 N–H and O–H groups in total. The Morgan fingerprint density at radius 2 is 2.19 bits per heavy atom. The van der Waals surface area contributed by atoms with Gasteiger partial charge in [0.1, 0.15) is 5.82 Å². The van der Waals surface area contributed by atoms with E-state index in [9.17, 15) is 9.18 Å². The van der Waals surface area contributed by atoms with Crippen LogP contribution in [0.3, 0.4) is 0 Å². The lowest BCUT2D eigenvalue weighted by Crippen LogP contribution is -2.24. The van der Waals surface area contributed by atoms with Crippen molar-refractivity contribution in [3.63, 3.8) is 0 Å². The second kappa shape index (κ2) is 6.10. The first-order chi connectivity index (χ1) is 7.63. The normalized spacial score (nSPS) is 9.94. The molecular weight excluding hydrogens is 207 g/mol. The van der Waals surface area contributed by atoms with E-state index in [2.05, 4.69) is 10.6 Å². The first kappa shape index (κ1) is 12.5. The lowest BCUT2D eigenvalue weighted by molar-refractivity contribution is -0.120. The van der Waals surface area contributed by atoms with E-state index >= 15 is 0 Å². The summed E-state index contributed by atoms with van der Waals surface area (Å²) in [5, 5.41) is 5.75. The molecular formula is C12H17FN2O. The Balaban J connectivity index is 2.42. The number of amides is 1. The number of aryl methyl sites for hydroxylation is 1. The van der Waals surface area contributed by atoms with E-state index in [1.165, 1.54) is 12.1 Å². The summed E-state index contributed by atoms with van der Waals surface area (Å²) >= 11 is 0. The van der Waals surface area contributed by atoms with E-state index in [0.717, 1.165) is 11.3 Å². The summed E-state index contributed by atoms with van der Waals surface area (Å²) in [4.78, 5) is 11.2. The van der Waals surface area contributed by atoms with E-state index in [-0.39, 0.29) is 11.7 Å². The molecule has 4 heteroatoms. The van der Waals surface area contributed by atoms with Crippen LogP contribution in [0, 0.1) is 12.7 Å². The van der Waals surface area contributed by atoms with Crippen LogP contribution in [0.2, 0.25) is 0 Å². The fourth-order valence-electron chi connectivity index (χ4n) is 1.38. The minimum Gasteiger partial charge on any atom is -0.384 e. The molecule has 0 aromatic heterocycles. The van der Waals surface area contributed by atoms with E-state index in [1.54, 1.807) is 6.07 Å². The predicted octanol–water partition coefficient (Wildman–Crippen LogP) is 2.07. The molecule has 0 aliphatic rings. The summed E-state index contributed by atoms with van der Waals surface area (Å²) in [7, 11) is 0. The Bertz CT molecular complexity index is 366. The molecule has 0 unspecified atom stereocenters. The molecule has 0 bridgehead atoms. The highest BCUT2D eigenvalue weighted by Crippen LogP contribution is 2.15. The molecule has 3 nitrogen and oxygen atoms in total.